The van der Waals surface area contributed by atoms with Crippen LogP contribution in [0.5, 0.6) is 5.75 Å². The summed E-state index contributed by atoms with van der Waals surface area (Å²) in [5, 5.41) is 11.8. The van der Waals surface area contributed by atoms with E-state index >= 15 is 0 Å². The number of primary amides is 1. The highest BCUT2D eigenvalue weighted by Gasteiger charge is 2.28. The second kappa shape index (κ2) is 4.18. The van der Waals surface area contributed by atoms with Gasteiger partial charge in [-0.2, -0.15) is 0 Å². The maximum absolute atomic E-state index is 11.6. The third kappa shape index (κ3) is 2.47. The molecule has 0 unspecified atom stereocenters. The standard InChI is InChI=1S/C10H13N3O3/c1-10(2,9(11)16)13-8(15)7-6(14)4-3-5-12-7/h3-5,14H,1-2H3,(H2,11,16)(H,13,15). The van der Waals surface area contributed by atoms with Crippen molar-refractivity contribution in [2.24, 2.45) is 5.73 Å². The van der Waals surface area contributed by atoms with Crippen molar-refractivity contribution in [2.45, 2.75) is 19.4 Å². The van der Waals surface area contributed by atoms with Crippen LogP contribution in [0.3, 0.4) is 0 Å². The number of nitrogens with zero attached hydrogens (tertiary/aromatic N) is 1. The number of carbonyl (C=O) groups is 2. The molecular weight excluding hydrogens is 210 g/mol. The van der Waals surface area contributed by atoms with Crippen LogP contribution in [0.2, 0.25) is 0 Å². The van der Waals surface area contributed by atoms with Crippen molar-refractivity contribution in [3.05, 3.63) is 24.0 Å². The number of hydrogen-bond acceptors (Lipinski definition) is 4. The second-order valence-corrected chi connectivity index (χ2v) is 3.81. The summed E-state index contributed by atoms with van der Waals surface area (Å²) in [7, 11) is 0. The number of aromatic hydroxyl groups is 1. The van der Waals surface area contributed by atoms with Crippen LogP contribution in [-0.4, -0.2) is 27.4 Å². The molecule has 0 aromatic carbocycles. The van der Waals surface area contributed by atoms with Gasteiger partial charge in [0.1, 0.15) is 11.3 Å². The van der Waals surface area contributed by atoms with Crippen molar-refractivity contribution >= 4 is 11.8 Å². The molecule has 6 heteroatoms. The SMILES string of the molecule is CC(C)(NC(=O)c1ncccc1O)C(N)=O. The van der Waals surface area contributed by atoms with Crippen molar-refractivity contribution in [1.29, 1.82) is 0 Å². The summed E-state index contributed by atoms with van der Waals surface area (Å²) in [6.45, 7) is 2.93. The van der Waals surface area contributed by atoms with E-state index in [9.17, 15) is 14.7 Å². The largest absolute Gasteiger partial charge is 0.505 e. The van der Waals surface area contributed by atoms with Crippen molar-refractivity contribution < 1.29 is 14.7 Å². The van der Waals surface area contributed by atoms with E-state index in [0.29, 0.717) is 0 Å². The van der Waals surface area contributed by atoms with Crippen LogP contribution in [-0.2, 0) is 4.79 Å². The zero-order chi connectivity index (χ0) is 12.3. The van der Waals surface area contributed by atoms with E-state index in [1.165, 1.54) is 32.2 Å². The van der Waals surface area contributed by atoms with Crippen LogP contribution in [0.1, 0.15) is 24.3 Å². The van der Waals surface area contributed by atoms with Gasteiger partial charge in [0.15, 0.2) is 5.69 Å². The van der Waals surface area contributed by atoms with E-state index in [1.807, 2.05) is 0 Å². The summed E-state index contributed by atoms with van der Waals surface area (Å²) in [6, 6.07) is 2.82. The molecule has 6 nitrogen and oxygen atoms in total. The number of aromatic nitrogens is 1. The molecule has 1 aromatic rings. The van der Waals surface area contributed by atoms with E-state index in [4.69, 9.17) is 5.73 Å². The Hall–Kier alpha value is -2.11. The van der Waals surface area contributed by atoms with Gasteiger partial charge in [0.25, 0.3) is 5.91 Å². The molecule has 4 N–H and O–H groups in total. The minimum absolute atomic E-state index is 0.142. The molecule has 0 radical (unpaired) electrons. The van der Waals surface area contributed by atoms with E-state index in [-0.39, 0.29) is 11.4 Å². The van der Waals surface area contributed by atoms with Gasteiger partial charge in [-0.1, -0.05) is 0 Å². The zero-order valence-corrected chi connectivity index (χ0v) is 9.02. The topological polar surface area (TPSA) is 105 Å². The number of nitrogens with one attached hydrogen (secondary N) is 1. The number of pyridine rings is 1. The summed E-state index contributed by atoms with van der Waals surface area (Å²) in [5.41, 5.74) is 3.76. The number of amides is 2. The molecule has 0 bridgehead atoms. The Bertz CT molecular complexity index is 429. The van der Waals surface area contributed by atoms with Crippen molar-refractivity contribution in [2.75, 3.05) is 0 Å². The molecule has 86 valence electrons. The van der Waals surface area contributed by atoms with E-state index < -0.39 is 17.4 Å². The fourth-order valence-electron chi connectivity index (χ4n) is 0.976. The molecule has 0 aliphatic heterocycles. The van der Waals surface area contributed by atoms with Crippen molar-refractivity contribution in [3.63, 3.8) is 0 Å². The average molecular weight is 223 g/mol. The Balaban J connectivity index is 2.89. The van der Waals surface area contributed by atoms with Gasteiger partial charge >= 0.3 is 0 Å². The van der Waals surface area contributed by atoms with Crippen LogP contribution in [0.4, 0.5) is 0 Å². The van der Waals surface area contributed by atoms with Gasteiger partial charge in [-0.3, -0.25) is 9.59 Å². The third-order valence-electron chi connectivity index (χ3n) is 2.04. The fourth-order valence-corrected chi connectivity index (χ4v) is 0.976. The van der Waals surface area contributed by atoms with Crippen LogP contribution >= 0.6 is 0 Å². The van der Waals surface area contributed by atoms with Crippen LogP contribution in [0.15, 0.2) is 18.3 Å². The van der Waals surface area contributed by atoms with Crippen molar-refractivity contribution in [1.82, 2.24) is 10.3 Å². The Morgan fingerprint density at radius 1 is 1.50 bits per heavy atom. The van der Waals surface area contributed by atoms with Gasteiger partial charge < -0.3 is 16.2 Å². The second-order valence-electron chi connectivity index (χ2n) is 3.81. The molecule has 0 saturated carbocycles. The normalized spacial score (nSPS) is 10.9. The third-order valence-corrected chi connectivity index (χ3v) is 2.04. The first-order valence-electron chi connectivity index (χ1n) is 4.61. The monoisotopic (exact) mass is 223 g/mol. The first-order valence-corrected chi connectivity index (χ1v) is 4.61. The number of carbonyl (C=O) groups excluding carboxylic acids is 2. The first kappa shape index (κ1) is 12.0. The van der Waals surface area contributed by atoms with E-state index in [1.54, 1.807) is 0 Å². The minimum Gasteiger partial charge on any atom is -0.505 e. The number of nitrogens with two attached hydrogens (primary N) is 1. The highest BCUT2D eigenvalue weighted by molar-refractivity contribution is 5.98. The minimum atomic E-state index is -1.19. The predicted molar refractivity (Wildman–Crippen MR) is 56.6 cm³/mol. The van der Waals surface area contributed by atoms with Gasteiger partial charge in [-0.05, 0) is 26.0 Å². The zero-order valence-electron chi connectivity index (χ0n) is 9.02. The Kier molecular flexibility index (Phi) is 3.12. The smallest absolute Gasteiger partial charge is 0.274 e. The van der Waals surface area contributed by atoms with Gasteiger partial charge in [-0.15, -0.1) is 0 Å². The lowest BCUT2D eigenvalue weighted by Crippen LogP contribution is -2.53. The lowest BCUT2D eigenvalue weighted by Gasteiger charge is -2.21. The molecule has 0 atom stereocenters. The Morgan fingerprint density at radius 2 is 2.12 bits per heavy atom. The summed E-state index contributed by atoms with van der Waals surface area (Å²) in [5.74, 6) is -1.57. The van der Waals surface area contributed by atoms with E-state index in [0.717, 1.165) is 0 Å². The lowest BCUT2D eigenvalue weighted by molar-refractivity contribution is -0.122. The molecule has 0 spiro atoms. The first-order chi connectivity index (χ1) is 7.34. The Morgan fingerprint density at radius 3 is 2.62 bits per heavy atom. The van der Waals surface area contributed by atoms with Crippen LogP contribution < -0.4 is 11.1 Å². The lowest BCUT2D eigenvalue weighted by atomic mass is 10.0. The van der Waals surface area contributed by atoms with Gasteiger partial charge in [0.05, 0.1) is 0 Å². The van der Waals surface area contributed by atoms with Crippen LogP contribution in [0, 0.1) is 0 Å². The Labute approximate surface area is 92.5 Å². The maximum atomic E-state index is 11.6. The molecule has 1 heterocycles. The maximum Gasteiger partial charge on any atom is 0.274 e. The highest BCUT2D eigenvalue weighted by atomic mass is 16.3. The van der Waals surface area contributed by atoms with Crippen LogP contribution in [0.25, 0.3) is 0 Å². The van der Waals surface area contributed by atoms with Gasteiger partial charge in [0, 0.05) is 6.20 Å². The fraction of sp³-hybridized carbons (Fsp3) is 0.300. The predicted octanol–water partition coefficient (Wildman–Crippen LogP) is -0.219. The molecule has 16 heavy (non-hydrogen) atoms. The summed E-state index contributed by atoms with van der Waals surface area (Å²) >= 11 is 0. The molecule has 1 rings (SSSR count). The molecule has 0 fully saturated rings. The molecule has 0 aliphatic rings. The van der Waals surface area contributed by atoms with Gasteiger partial charge in [-0.25, -0.2) is 4.98 Å². The van der Waals surface area contributed by atoms with Gasteiger partial charge in [0.2, 0.25) is 5.91 Å². The molecule has 0 saturated heterocycles. The summed E-state index contributed by atoms with van der Waals surface area (Å²) in [4.78, 5) is 26.3. The highest BCUT2D eigenvalue weighted by Crippen LogP contribution is 2.13. The number of rotatable bonds is 3. The number of hydrogen-bond donors (Lipinski definition) is 3. The summed E-state index contributed by atoms with van der Waals surface area (Å²) in [6.07, 6.45) is 1.37. The molecule has 1 aromatic heterocycles. The average Bonchev–Trinajstić information content (AvgIpc) is 2.17. The quantitative estimate of drug-likeness (QED) is 0.658. The van der Waals surface area contributed by atoms with Crippen molar-refractivity contribution in [3.8, 4) is 5.75 Å². The molecule has 0 aliphatic carbocycles. The summed E-state index contributed by atoms with van der Waals surface area (Å²) < 4.78 is 0. The molecular formula is C10H13N3O3. The molecule has 2 amide bonds. The van der Waals surface area contributed by atoms with E-state index in [2.05, 4.69) is 10.3 Å².